The van der Waals surface area contributed by atoms with Crippen molar-refractivity contribution in [1.29, 1.82) is 0 Å². The van der Waals surface area contributed by atoms with Gasteiger partial charge < -0.3 is 14.4 Å². The first-order valence-corrected chi connectivity index (χ1v) is 13.8. The number of fused-ring (bicyclic) bond motifs is 1. The summed E-state index contributed by atoms with van der Waals surface area (Å²) in [6.45, 7) is 1.19. The lowest BCUT2D eigenvalue weighted by Crippen LogP contribution is -2.53. The third-order valence-electron chi connectivity index (χ3n) is 7.79. The van der Waals surface area contributed by atoms with Crippen LogP contribution in [-0.4, -0.2) is 55.7 Å². The molecule has 0 saturated heterocycles. The molecule has 2 amide bonds. The molecule has 3 aromatic heterocycles. The molecular weight excluding hydrogens is 536 g/mol. The number of hydrogen-bond acceptors (Lipinski definition) is 4. The molecule has 5 heterocycles. The molecule has 202 valence electrons. The van der Waals surface area contributed by atoms with Crippen LogP contribution in [0.5, 0.6) is 0 Å². The van der Waals surface area contributed by atoms with Gasteiger partial charge in [0.1, 0.15) is 16.9 Å². The lowest BCUT2D eigenvalue weighted by molar-refractivity contribution is -0.123. The predicted molar refractivity (Wildman–Crippen MR) is 157 cm³/mol. The van der Waals surface area contributed by atoms with E-state index in [9.17, 15) is 9.59 Å². The number of aromatic nitrogens is 4. The molecule has 7 rings (SSSR count). The summed E-state index contributed by atoms with van der Waals surface area (Å²) in [6.07, 6.45) is 4.21. The largest absolute Gasteiger partial charge is 0.343 e. The van der Waals surface area contributed by atoms with Crippen molar-refractivity contribution in [2.24, 2.45) is 0 Å². The zero-order valence-electron chi connectivity index (χ0n) is 22.3. The Bertz CT molecular complexity index is 1880. The highest BCUT2D eigenvalue weighted by Crippen LogP contribution is 2.34. The average molecular weight is 561 g/mol. The summed E-state index contributed by atoms with van der Waals surface area (Å²) in [6, 6.07) is 20.7. The van der Waals surface area contributed by atoms with Crippen LogP contribution >= 0.6 is 11.6 Å². The number of carbonyl (C=O) groups is 2. The van der Waals surface area contributed by atoms with E-state index in [4.69, 9.17) is 11.6 Å². The maximum atomic E-state index is 13.9. The molecule has 0 radical (unpaired) electrons. The van der Waals surface area contributed by atoms with Gasteiger partial charge in [-0.1, -0.05) is 53.9 Å². The van der Waals surface area contributed by atoms with Gasteiger partial charge >= 0.3 is 0 Å². The summed E-state index contributed by atoms with van der Waals surface area (Å²) in [7, 11) is 1.76. The molecule has 2 aliphatic heterocycles. The smallest absolute Gasteiger partial charge is 0.275 e. The van der Waals surface area contributed by atoms with E-state index in [0.29, 0.717) is 42.6 Å². The van der Waals surface area contributed by atoms with Crippen molar-refractivity contribution in [2.75, 3.05) is 18.5 Å². The van der Waals surface area contributed by atoms with Crippen molar-refractivity contribution in [3.05, 3.63) is 112 Å². The Morgan fingerprint density at radius 3 is 2.66 bits per heavy atom. The van der Waals surface area contributed by atoms with E-state index >= 15 is 0 Å². The first-order valence-electron chi connectivity index (χ1n) is 13.4. The molecule has 0 N–H and O–H groups in total. The van der Waals surface area contributed by atoms with Crippen LogP contribution in [0.2, 0.25) is 5.15 Å². The maximum Gasteiger partial charge on any atom is 0.275 e. The number of nitrogens with zero attached hydrogens (tertiary/aromatic N) is 6. The maximum absolute atomic E-state index is 13.9. The normalized spacial score (nSPS) is 16.4. The van der Waals surface area contributed by atoms with E-state index in [1.54, 1.807) is 27.7 Å². The van der Waals surface area contributed by atoms with Crippen molar-refractivity contribution in [2.45, 2.75) is 25.6 Å². The third-order valence-corrected chi connectivity index (χ3v) is 8.21. The molecule has 0 unspecified atom stereocenters. The highest BCUT2D eigenvalue weighted by Gasteiger charge is 2.40. The van der Waals surface area contributed by atoms with Crippen molar-refractivity contribution >= 4 is 40.0 Å². The van der Waals surface area contributed by atoms with Gasteiger partial charge in [0, 0.05) is 42.5 Å². The predicted octanol–water partition coefficient (Wildman–Crippen LogP) is 4.38. The number of rotatable bonds is 3. The standard InChI is InChI=1S/C32H25ClN6O2/c1-36-26-18-22(10-11-24-9-5-6-14-34-24)17-23-12-15-37(29(23)26)20-27(31(36)40)38-16-13-25-28(32(38)41)35-39(30(25)33)19-21-7-3-2-4-8-21/h2-9,12,14-15,17-18,27H,13,16,19-20H2,1H3/t27-/m0/s1. The van der Waals surface area contributed by atoms with E-state index in [1.165, 1.54) is 0 Å². The Morgan fingerprint density at radius 2 is 1.85 bits per heavy atom. The van der Waals surface area contributed by atoms with E-state index in [0.717, 1.165) is 33.3 Å². The summed E-state index contributed by atoms with van der Waals surface area (Å²) >= 11 is 6.68. The fourth-order valence-electron chi connectivity index (χ4n) is 5.72. The van der Waals surface area contributed by atoms with Crippen LogP contribution in [-0.2, 0) is 24.3 Å². The molecule has 41 heavy (non-hydrogen) atoms. The second-order valence-electron chi connectivity index (χ2n) is 10.3. The van der Waals surface area contributed by atoms with Crippen LogP contribution in [0.25, 0.3) is 10.9 Å². The van der Waals surface area contributed by atoms with Crippen LogP contribution in [0.1, 0.15) is 32.9 Å². The second-order valence-corrected chi connectivity index (χ2v) is 10.6. The molecule has 0 spiro atoms. The molecule has 2 aliphatic rings. The topological polar surface area (TPSA) is 76.3 Å². The monoisotopic (exact) mass is 560 g/mol. The molecule has 1 atom stereocenters. The van der Waals surface area contributed by atoms with E-state index in [-0.39, 0.29) is 11.8 Å². The highest BCUT2D eigenvalue weighted by atomic mass is 35.5. The van der Waals surface area contributed by atoms with Crippen LogP contribution < -0.4 is 4.90 Å². The van der Waals surface area contributed by atoms with Gasteiger partial charge in [0.05, 0.1) is 24.3 Å². The van der Waals surface area contributed by atoms with Gasteiger partial charge in [-0.3, -0.25) is 9.59 Å². The Hall–Kier alpha value is -4.87. The number of halogens is 1. The fourth-order valence-corrected chi connectivity index (χ4v) is 6.00. The summed E-state index contributed by atoms with van der Waals surface area (Å²) in [5.41, 5.74) is 5.25. The van der Waals surface area contributed by atoms with Crippen LogP contribution in [0.15, 0.2) is 79.1 Å². The zero-order valence-corrected chi connectivity index (χ0v) is 23.0. The van der Waals surface area contributed by atoms with Crippen LogP contribution in [0.3, 0.4) is 0 Å². The van der Waals surface area contributed by atoms with Gasteiger partial charge in [0.25, 0.3) is 11.8 Å². The van der Waals surface area contributed by atoms with Gasteiger partial charge in [-0.15, -0.1) is 0 Å². The summed E-state index contributed by atoms with van der Waals surface area (Å²) in [4.78, 5) is 35.3. The molecule has 9 heteroatoms. The van der Waals surface area contributed by atoms with E-state index in [2.05, 4.69) is 26.5 Å². The summed E-state index contributed by atoms with van der Waals surface area (Å²) in [5, 5.41) is 6.06. The van der Waals surface area contributed by atoms with Gasteiger partial charge in [-0.2, -0.15) is 5.10 Å². The van der Waals surface area contributed by atoms with Crippen molar-refractivity contribution in [1.82, 2.24) is 24.2 Å². The van der Waals surface area contributed by atoms with Crippen LogP contribution in [0, 0.1) is 11.8 Å². The van der Waals surface area contributed by atoms with Gasteiger partial charge in [-0.25, -0.2) is 9.67 Å². The second kappa shape index (κ2) is 9.95. The minimum atomic E-state index is -0.690. The third kappa shape index (κ3) is 4.35. The molecular formula is C32H25ClN6O2. The fraction of sp³-hybridized carbons (Fsp3) is 0.188. The Kier molecular flexibility index (Phi) is 6.10. The first kappa shape index (κ1) is 25.1. The molecule has 0 bridgehead atoms. The van der Waals surface area contributed by atoms with Crippen LogP contribution in [0.4, 0.5) is 5.69 Å². The number of hydrogen-bond donors (Lipinski definition) is 0. The van der Waals surface area contributed by atoms with Crippen molar-refractivity contribution in [3.63, 3.8) is 0 Å². The lowest BCUT2D eigenvalue weighted by Gasteiger charge is -2.34. The first-order chi connectivity index (χ1) is 20.0. The highest BCUT2D eigenvalue weighted by molar-refractivity contribution is 6.31. The van der Waals surface area contributed by atoms with E-state index in [1.807, 2.05) is 72.9 Å². The lowest BCUT2D eigenvalue weighted by atomic mass is 10.0. The van der Waals surface area contributed by atoms with Crippen molar-refractivity contribution in [3.8, 4) is 11.8 Å². The number of benzene rings is 2. The number of anilines is 1. The summed E-state index contributed by atoms with van der Waals surface area (Å²) < 4.78 is 3.72. The Labute approximate surface area is 241 Å². The molecule has 0 fully saturated rings. The number of carbonyl (C=O) groups excluding carboxylic acids is 2. The quantitative estimate of drug-likeness (QED) is 0.307. The Morgan fingerprint density at radius 1 is 1.02 bits per heavy atom. The van der Waals surface area contributed by atoms with E-state index < -0.39 is 6.04 Å². The minimum absolute atomic E-state index is 0.156. The number of amides is 2. The molecule has 5 aromatic rings. The van der Waals surface area contributed by atoms with Gasteiger partial charge in [0.15, 0.2) is 5.69 Å². The number of likely N-dealkylation sites (N-methyl/N-ethyl adjacent to an activating group) is 1. The van der Waals surface area contributed by atoms with Crippen molar-refractivity contribution < 1.29 is 9.59 Å². The van der Waals surface area contributed by atoms with Gasteiger partial charge in [-0.05, 0) is 48.2 Å². The average Bonchev–Trinajstić information content (AvgIpc) is 3.53. The molecule has 0 saturated carbocycles. The molecule has 2 aromatic carbocycles. The summed E-state index contributed by atoms with van der Waals surface area (Å²) in [5.74, 6) is 5.85. The number of pyridine rings is 1. The minimum Gasteiger partial charge on any atom is -0.343 e. The SMILES string of the molecule is CN1C(=O)[C@@H](N2CCc3c(nn(Cc4ccccc4)c3Cl)C2=O)Cn2ccc3cc(C#Cc4ccccn4)cc1c32. The molecule has 8 nitrogen and oxygen atoms in total. The zero-order chi connectivity index (χ0) is 28.1. The molecule has 0 aliphatic carbocycles. The Balaban J connectivity index is 1.20. The van der Waals surface area contributed by atoms with Gasteiger partial charge in [0.2, 0.25) is 0 Å².